The number of ketones is 1. The third kappa shape index (κ3) is 4.96. The smallest absolute Gasteiger partial charge is 0.242 e. The van der Waals surface area contributed by atoms with E-state index in [-0.39, 0.29) is 30.4 Å². The summed E-state index contributed by atoms with van der Waals surface area (Å²) in [6.45, 7) is 3.65. The molecule has 1 spiro atoms. The van der Waals surface area contributed by atoms with Gasteiger partial charge in [0.2, 0.25) is 11.8 Å². The zero-order valence-corrected chi connectivity index (χ0v) is 17.6. The van der Waals surface area contributed by atoms with E-state index in [1.165, 1.54) is 0 Å². The highest BCUT2D eigenvalue weighted by atomic mass is 16.5. The van der Waals surface area contributed by atoms with E-state index < -0.39 is 11.6 Å². The number of benzene rings is 1. The molecule has 29 heavy (non-hydrogen) atoms. The molecular formula is C22H31N3O4. The average Bonchev–Trinajstić information content (AvgIpc) is 2.84. The van der Waals surface area contributed by atoms with Crippen molar-refractivity contribution in [2.45, 2.75) is 50.7 Å². The van der Waals surface area contributed by atoms with Crippen molar-refractivity contribution in [2.24, 2.45) is 0 Å². The van der Waals surface area contributed by atoms with Gasteiger partial charge in [-0.25, -0.2) is 0 Å². The van der Waals surface area contributed by atoms with Gasteiger partial charge in [0.25, 0.3) is 0 Å². The minimum absolute atomic E-state index is 0.0550. The Bertz CT molecular complexity index is 779. The van der Waals surface area contributed by atoms with Crippen molar-refractivity contribution in [2.75, 3.05) is 33.7 Å². The topological polar surface area (TPSA) is 79.0 Å². The summed E-state index contributed by atoms with van der Waals surface area (Å²) in [5.41, 5.74) is -0.0615. The number of nitrogens with zero attached hydrogens (tertiary/aromatic N) is 2. The monoisotopic (exact) mass is 401 g/mol. The molecule has 0 saturated carbocycles. The Morgan fingerprint density at radius 2 is 2.03 bits per heavy atom. The van der Waals surface area contributed by atoms with Gasteiger partial charge in [0.05, 0.1) is 12.0 Å². The van der Waals surface area contributed by atoms with Gasteiger partial charge < -0.3 is 19.9 Å². The normalized spacial score (nSPS) is 22.8. The lowest BCUT2D eigenvalue weighted by molar-refractivity contribution is -0.139. The molecule has 2 atom stereocenters. The number of rotatable bonds is 6. The Morgan fingerprint density at radius 3 is 2.79 bits per heavy atom. The number of Topliss-reactive ketones (excluding diaryl/α,β-unsaturated/α-hetero) is 1. The maximum atomic E-state index is 12.7. The van der Waals surface area contributed by atoms with Crippen LogP contribution in [0.2, 0.25) is 0 Å². The van der Waals surface area contributed by atoms with Gasteiger partial charge in [-0.2, -0.15) is 0 Å². The fourth-order valence-corrected chi connectivity index (χ4v) is 4.08. The number of para-hydroxylation sites is 1. The van der Waals surface area contributed by atoms with E-state index in [1.807, 2.05) is 32.3 Å². The van der Waals surface area contributed by atoms with Crippen LogP contribution in [0.4, 0.5) is 0 Å². The third-order valence-electron chi connectivity index (χ3n) is 5.85. The summed E-state index contributed by atoms with van der Waals surface area (Å²) < 4.78 is 6.24. The van der Waals surface area contributed by atoms with Gasteiger partial charge in [0.15, 0.2) is 5.78 Å². The van der Waals surface area contributed by atoms with Gasteiger partial charge in [-0.1, -0.05) is 12.1 Å². The molecule has 3 rings (SSSR count). The largest absolute Gasteiger partial charge is 0.486 e. The van der Waals surface area contributed by atoms with Gasteiger partial charge >= 0.3 is 0 Å². The molecule has 7 heteroatoms. The minimum atomic E-state index is -0.669. The molecule has 1 aromatic rings. The highest BCUT2D eigenvalue weighted by Crippen LogP contribution is 2.39. The second-order valence-corrected chi connectivity index (χ2v) is 8.34. The van der Waals surface area contributed by atoms with Crippen molar-refractivity contribution in [3.63, 3.8) is 0 Å². The van der Waals surface area contributed by atoms with E-state index in [2.05, 4.69) is 10.2 Å². The molecule has 2 heterocycles. The molecule has 7 nitrogen and oxygen atoms in total. The molecular weight excluding hydrogens is 370 g/mol. The summed E-state index contributed by atoms with van der Waals surface area (Å²) in [6.07, 6.45) is 2.43. The second kappa shape index (κ2) is 8.95. The number of hydrogen-bond acceptors (Lipinski definition) is 5. The van der Waals surface area contributed by atoms with Gasteiger partial charge in [-0.05, 0) is 52.5 Å². The summed E-state index contributed by atoms with van der Waals surface area (Å²) in [6, 6.07) is 6.73. The predicted octanol–water partition coefficient (Wildman–Crippen LogP) is 1.86. The fraction of sp³-hybridized carbons (Fsp3) is 0.591. The first-order chi connectivity index (χ1) is 13.8. The Kier molecular flexibility index (Phi) is 6.57. The van der Waals surface area contributed by atoms with E-state index in [1.54, 1.807) is 17.9 Å². The number of carbonyl (C=O) groups excluding carboxylic acids is 3. The van der Waals surface area contributed by atoms with E-state index in [9.17, 15) is 14.4 Å². The van der Waals surface area contributed by atoms with Crippen LogP contribution in [-0.2, 0) is 9.59 Å². The summed E-state index contributed by atoms with van der Waals surface area (Å²) in [7, 11) is 3.99. The lowest BCUT2D eigenvalue weighted by Gasteiger charge is -2.37. The molecule has 2 aliphatic rings. The van der Waals surface area contributed by atoms with Crippen LogP contribution in [0.3, 0.4) is 0 Å². The van der Waals surface area contributed by atoms with Crippen LogP contribution in [0.15, 0.2) is 24.3 Å². The summed E-state index contributed by atoms with van der Waals surface area (Å²) in [4.78, 5) is 41.6. The second-order valence-electron chi connectivity index (χ2n) is 8.34. The number of fused-ring (bicyclic) bond motifs is 1. The highest BCUT2D eigenvalue weighted by Gasteiger charge is 2.44. The zero-order valence-electron chi connectivity index (χ0n) is 17.6. The molecule has 0 unspecified atom stereocenters. The third-order valence-corrected chi connectivity index (χ3v) is 5.85. The van der Waals surface area contributed by atoms with Crippen LogP contribution < -0.4 is 10.1 Å². The molecule has 0 aliphatic carbocycles. The maximum absolute atomic E-state index is 12.7. The van der Waals surface area contributed by atoms with Crippen LogP contribution in [-0.4, -0.2) is 72.8 Å². The summed E-state index contributed by atoms with van der Waals surface area (Å²) in [5.74, 6) is 0.447. The van der Waals surface area contributed by atoms with Gasteiger partial charge in [0.1, 0.15) is 17.4 Å². The van der Waals surface area contributed by atoms with Gasteiger partial charge in [-0.15, -0.1) is 0 Å². The molecule has 1 aromatic carbocycles. The van der Waals surface area contributed by atoms with E-state index in [0.717, 1.165) is 13.0 Å². The molecule has 1 fully saturated rings. The number of hydrogen-bond donors (Lipinski definition) is 1. The summed E-state index contributed by atoms with van der Waals surface area (Å²) >= 11 is 0. The Balaban J connectivity index is 1.63. The zero-order chi connectivity index (χ0) is 21.0. The Morgan fingerprint density at radius 1 is 1.28 bits per heavy atom. The van der Waals surface area contributed by atoms with Crippen molar-refractivity contribution in [3.05, 3.63) is 29.8 Å². The van der Waals surface area contributed by atoms with Gasteiger partial charge in [0, 0.05) is 25.9 Å². The molecule has 158 valence electrons. The molecule has 0 aromatic heterocycles. The van der Waals surface area contributed by atoms with Crippen LogP contribution >= 0.6 is 0 Å². The lowest BCUT2D eigenvalue weighted by Crippen LogP contribution is -2.49. The molecule has 1 saturated heterocycles. The first kappa shape index (κ1) is 21.3. The Labute approximate surface area is 172 Å². The molecule has 0 radical (unpaired) electrons. The van der Waals surface area contributed by atoms with Crippen molar-refractivity contribution in [1.82, 2.24) is 15.1 Å². The molecule has 1 N–H and O–H groups in total. The highest BCUT2D eigenvalue weighted by molar-refractivity contribution is 6.00. The number of amides is 2. The van der Waals surface area contributed by atoms with E-state index in [0.29, 0.717) is 37.2 Å². The maximum Gasteiger partial charge on any atom is 0.242 e. The first-order valence-corrected chi connectivity index (χ1v) is 10.3. The SMILES string of the molecule is C[C@H](C(=O)NCCCN(C)C)N1CC[C@@]2(CCC1=O)CC(=O)c1ccccc1O2. The minimum Gasteiger partial charge on any atom is -0.486 e. The average molecular weight is 402 g/mol. The van der Waals surface area contributed by atoms with Crippen LogP contribution in [0.5, 0.6) is 5.75 Å². The lowest BCUT2D eigenvalue weighted by atomic mass is 9.84. The van der Waals surface area contributed by atoms with Crippen molar-refractivity contribution in [3.8, 4) is 5.75 Å². The quantitative estimate of drug-likeness (QED) is 0.736. The molecule has 0 bridgehead atoms. The summed E-state index contributed by atoms with van der Waals surface area (Å²) in [5, 5.41) is 2.92. The molecule has 2 amide bonds. The number of nitrogens with one attached hydrogen (secondary N) is 1. The van der Waals surface area contributed by atoms with Crippen LogP contribution in [0.25, 0.3) is 0 Å². The van der Waals surface area contributed by atoms with Crippen molar-refractivity contribution >= 4 is 17.6 Å². The molecule has 2 aliphatic heterocycles. The van der Waals surface area contributed by atoms with Crippen molar-refractivity contribution in [1.29, 1.82) is 0 Å². The number of ether oxygens (including phenoxy) is 1. The van der Waals surface area contributed by atoms with Crippen molar-refractivity contribution < 1.29 is 19.1 Å². The van der Waals surface area contributed by atoms with Gasteiger partial charge in [-0.3, -0.25) is 14.4 Å². The van der Waals surface area contributed by atoms with Crippen LogP contribution in [0, 0.1) is 0 Å². The van der Waals surface area contributed by atoms with E-state index in [4.69, 9.17) is 4.74 Å². The number of carbonyl (C=O) groups is 3. The van der Waals surface area contributed by atoms with E-state index >= 15 is 0 Å². The fourth-order valence-electron chi connectivity index (χ4n) is 4.08. The first-order valence-electron chi connectivity index (χ1n) is 10.3. The Hall–Kier alpha value is -2.41. The predicted molar refractivity (Wildman–Crippen MR) is 110 cm³/mol. The van der Waals surface area contributed by atoms with Crippen LogP contribution in [0.1, 0.15) is 49.4 Å². The standard InChI is InChI=1S/C22H31N3O4/c1-16(21(28)23-12-6-13-24(2)3)25-14-11-22(10-9-20(25)27)15-18(26)17-7-4-5-8-19(17)29-22/h4-5,7-8,16H,6,9-15H2,1-3H3,(H,23,28)/t16-,22+/m1/s1. The number of likely N-dealkylation sites (tertiary alicyclic amines) is 1.